The summed E-state index contributed by atoms with van der Waals surface area (Å²) in [7, 11) is 0. The van der Waals surface area contributed by atoms with E-state index in [-0.39, 0.29) is 35.4 Å². The number of hydrogen-bond donors (Lipinski definition) is 3. The van der Waals surface area contributed by atoms with Gasteiger partial charge in [-0.05, 0) is 0 Å². The van der Waals surface area contributed by atoms with Crippen LogP contribution in [0.1, 0.15) is 0 Å². The first-order valence-electron chi connectivity index (χ1n) is 6.73. The van der Waals surface area contributed by atoms with Gasteiger partial charge in [-0.3, -0.25) is 19.3 Å². The zero-order chi connectivity index (χ0) is 16.8. The molecule has 10 heteroatoms. The zero-order valence-corrected chi connectivity index (χ0v) is 14.4. The molecule has 22 heavy (non-hydrogen) atoms. The van der Waals surface area contributed by atoms with E-state index in [2.05, 4.69) is 16.0 Å². The van der Waals surface area contributed by atoms with Crippen molar-refractivity contribution in [1.29, 1.82) is 0 Å². The Bertz CT molecular complexity index is 306. The molecule has 0 heterocycles. The van der Waals surface area contributed by atoms with Gasteiger partial charge in [-0.15, -0.1) is 34.8 Å². The molecule has 0 saturated heterocycles. The number of hydrogen-bond acceptors (Lipinski definition) is 4. The summed E-state index contributed by atoms with van der Waals surface area (Å²) in [5, 5.41) is 7.96. The maximum atomic E-state index is 11.1. The lowest BCUT2D eigenvalue weighted by atomic mass is 10.4. The van der Waals surface area contributed by atoms with Crippen LogP contribution in [0.5, 0.6) is 0 Å². The van der Waals surface area contributed by atoms with Crippen LogP contribution >= 0.6 is 34.8 Å². The predicted octanol–water partition coefficient (Wildman–Crippen LogP) is -0.647. The molecule has 3 amide bonds. The molecule has 0 aliphatic carbocycles. The van der Waals surface area contributed by atoms with Crippen molar-refractivity contribution in [2.24, 2.45) is 0 Å². The van der Waals surface area contributed by atoms with Crippen LogP contribution in [0, 0.1) is 0 Å². The van der Waals surface area contributed by atoms with Crippen LogP contribution in [0.4, 0.5) is 0 Å². The normalized spacial score (nSPS) is 10.4. The average molecular weight is 376 g/mol. The Morgan fingerprint density at radius 2 is 0.909 bits per heavy atom. The van der Waals surface area contributed by atoms with Gasteiger partial charge in [-0.2, -0.15) is 0 Å². The molecule has 128 valence electrons. The summed E-state index contributed by atoms with van der Waals surface area (Å²) >= 11 is 16.2. The Morgan fingerprint density at radius 1 is 0.636 bits per heavy atom. The standard InChI is InChI=1S/C12H21Cl3N4O3/c13-7-10(20)16-1-4-19(5-2-17-11(21)8-14)6-3-18-12(22)9-15/h1-9H2,(H,16,20)(H,17,21)(H,18,22). The molecule has 0 atom stereocenters. The SMILES string of the molecule is O=C(CCl)NCCN(CCNC(=O)CCl)CCNC(=O)CCl. The van der Waals surface area contributed by atoms with E-state index in [0.717, 1.165) is 0 Å². The summed E-state index contributed by atoms with van der Waals surface area (Å²) in [4.78, 5) is 35.2. The van der Waals surface area contributed by atoms with E-state index >= 15 is 0 Å². The molecule has 0 bridgehead atoms. The molecule has 3 N–H and O–H groups in total. The third-order valence-corrected chi connectivity index (χ3v) is 3.34. The second-order valence-corrected chi connectivity index (χ2v) is 5.09. The molecule has 0 fully saturated rings. The number of carbonyl (C=O) groups is 3. The van der Waals surface area contributed by atoms with Crippen molar-refractivity contribution in [3.63, 3.8) is 0 Å². The maximum absolute atomic E-state index is 11.1. The van der Waals surface area contributed by atoms with E-state index in [0.29, 0.717) is 39.3 Å². The summed E-state index contributed by atoms with van der Waals surface area (Å²) in [6, 6.07) is 0. The van der Waals surface area contributed by atoms with Crippen LogP contribution in [0.25, 0.3) is 0 Å². The molecule has 0 aliphatic rings. The summed E-state index contributed by atoms with van der Waals surface area (Å²) in [6.45, 7) is 2.98. The van der Waals surface area contributed by atoms with Crippen molar-refractivity contribution in [3.8, 4) is 0 Å². The topological polar surface area (TPSA) is 90.5 Å². The lowest BCUT2D eigenvalue weighted by Crippen LogP contribution is -2.43. The first-order valence-corrected chi connectivity index (χ1v) is 8.34. The molecule has 7 nitrogen and oxygen atoms in total. The van der Waals surface area contributed by atoms with Gasteiger partial charge in [0.15, 0.2) is 0 Å². The Hall–Kier alpha value is -0.760. The zero-order valence-electron chi connectivity index (χ0n) is 12.2. The fourth-order valence-electron chi connectivity index (χ4n) is 1.54. The van der Waals surface area contributed by atoms with Crippen LogP contribution in [0.15, 0.2) is 0 Å². The highest BCUT2D eigenvalue weighted by Gasteiger charge is 2.07. The van der Waals surface area contributed by atoms with Gasteiger partial charge < -0.3 is 16.0 Å². The predicted molar refractivity (Wildman–Crippen MR) is 87.6 cm³/mol. The van der Waals surface area contributed by atoms with Crippen molar-refractivity contribution in [3.05, 3.63) is 0 Å². The Kier molecular flexibility index (Phi) is 13.4. The number of halogens is 3. The molecule has 0 unspecified atom stereocenters. The molecule has 0 aromatic heterocycles. The number of alkyl halides is 3. The average Bonchev–Trinajstić information content (AvgIpc) is 2.53. The number of carbonyl (C=O) groups excluding carboxylic acids is 3. The monoisotopic (exact) mass is 374 g/mol. The molecular formula is C12H21Cl3N4O3. The van der Waals surface area contributed by atoms with Gasteiger partial charge in [0.05, 0.1) is 0 Å². The van der Waals surface area contributed by atoms with Gasteiger partial charge in [0, 0.05) is 39.3 Å². The summed E-state index contributed by atoms with van der Waals surface area (Å²) in [5.74, 6) is -0.986. The molecule has 0 aromatic rings. The first-order chi connectivity index (χ1) is 10.5. The van der Waals surface area contributed by atoms with Gasteiger partial charge in [0.1, 0.15) is 17.6 Å². The number of amides is 3. The van der Waals surface area contributed by atoms with E-state index in [1.54, 1.807) is 0 Å². The van der Waals surface area contributed by atoms with Gasteiger partial charge in [0.2, 0.25) is 17.7 Å². The molecule has 0 spiro atoms. The van der Waals surface area contributed by atoms with Crippen molar-refractivity contribution in [2.45, 2.75) is 0 Å². The highest BCUT2D eigenvalue weighted by molar-refractivity contribution is 6.27. The molecule has 0 saturated carbocycles. The van der Waals surface area contributed by atoms with E-state index in [1.807, 2.05) is 4.90 Å². The van der Waals surface area contributed by atoms with Crippen LogP contribution in [0.2, 0.25) is 0 Å². The van der Waals surface area contributed by atoms with Gasteiger partial charge >= 0.3 is 0 Å². The summed E-state index contributed by atoms with van der Waals surface area (Å²) in [6.07, 6.45) is 0. The Morgan fingerprint density at radius 3 is 1.14 bits per heavy atom. The fourth-order valence-corrected chi connectivity index (χ4v) is 1.82. The second-order valence-electron chi connectivity index (χ2n) is 4.29. The first kappa shape index (κ1) is 21.2. The fraction of sp³-hybridized carbons (Fsp3) is 0.750. The Labute approximate surface area is 145 Å². The van der Waals surface area contributed by atoms with E-state index in [1.165, 1.54) is 0 Å². The quantitative estimate of drug-likeness (QED) is 0.396. The molecule has 0 rings (SSSR count). The van der Waals surface area contributed by atoms with Crippen LogP contribution in [-0.2, 0) is 14.4 Å². The third kappa shape index (κ3) is 11.9. The lowest BCUT2D eigenvalue weighted by Gasteiger charge is -2.22. The molecule has 0 radical (unpaired) electrons. The van der Waals surface area contributed by atoms with Gasteiger partial charge in [-0.1, -0.05) is 0 Å². The number of nitrogens with zero attached hydrogens (tertiary/aromatic N) is 1. The summed E-state index contributed by atoms with van der Waals surface area (Å²) < 4.78 is 0. The molecule has 0 aliphatic heterocycles. The van der Waals surface area contributed by atoms with Crippen molar-refractivity contribution >= 4 is 52.5 Å². The molecule has 0 aromatic carbocycles. The minimum absolute atomic E-state index is 0.0858. The lowest BCUT2D eigenvalue weighted by molar-refractivity contribution is -0.119. The highest BCUT2D eigenvalue weighted by Crippen LogP contribution is 1.87. The van der Waals surface area contributed by atoms with E-state index < -0.39 is 0 Å². The van der Waals surface area contributed by atoms with Gasteiger partial charge in [0.25, 0.3) is 0 Å². The molecular weight excluding hydrogens is 355 g/mol. The maximum Gasteiger partial charge on any atom is 0.234 e. The van der Waals surface area contributed by atoms with Crippen LogP contribution in [-0.4, -0.2) is 79.5 Å². The van der Waals surface area contributed by atoms with Crippen LogP contribution in [0.3, 0.4) is 0 Å². The second kappa shape index (κ2) is 13.9. The van der Waals surface area contributed by atoms with Crippen molar-refractivity contribution in [1.82, 2.24) is 20.9 Å². The van der Waals surface area contributed by atoms with Crippen molar-refractivity contribution in [2.75, 3.05) is 56.9 Å². The number of rotatable bonds is 12. The number of nitrogens with one attached hydrogen (secondary N) is 3. The highest BCUT2D eigenvalue weighted by atomic mass is 35.5. The third-order valence-electron chi connectivity index (χ3n) is 2.61. The smallest absolute Gasteiger partial charge is 0.234 e. The van der Waals surface area contributed by atoms with Crippen molar-refractivity contribution < 1.29 is 14.4 Å². The van der Waals surface area contributed by atoms with E-state index in [9.17, 15) is 14.4 Å². The minimum atomic E-state index is -0.243. The summed E-state index contributed by atoms with van der Waals surface area (Å²) in [5.41, 5.74) is 0. The van der Waals surface area contributed by atoms with E-state index in [4.69, 9.17) is 34.8 Å². The van der Waals surface area contributed by atoms with Gasteiger partial charge in [-0.25, -0.2) is 0 Å². The van der Waals surface area contributed by atoms with Crippen LogP contribution < -0.4 is 16.0 Å². The minimum Gasteiger partial charge on any atom is -0.354 e. The largest absolute Gasteiger partial charge is 0.354 e. The Balaban J connectivity index is 4.09.